The van der Waals surface area contributed by atoms with Crippen molar-refractivity contribution in [3.05, 3.63) is 48.3 Å². The zero-order chi connectivity index (χ0) is 12.6. The molecule has 1 aromatic heterocycles. The lowest BCUT2D eigenvalue weighted by molar-refractivity contribution is 0.110. The van der Waals surface area contributed by atoms with E-state index in [0.717, 1.165) is 30.6 Å². The summed E-state index contributed by atoms with van der Waals surface area (Å²) in [4.78, 5) is 0. The fraction of sp³-hybridized carbons (Fsp3) is 0.400. The van der Waals surface area contributed by atoms with Gasteiger partial charge in [0, 0.05) is 11.6 Å². The van der Waals surface area contributed by atoms with E-state index >= 15 is 0 Å². The smallest absolute Gasteiger partial charge is 0.0645 e. The van der Waals surface area contributed by atoms with E-state index in [1.54, 1.807) is 0 Å². The molecule has 2 aromatic rings. The Labute approximate surface area is 107 Å². The Bertz CT molecular complexity index is 526. The first kappa shape index (κ1) is 11.5. The van der Waals surface area contributed by atoms with Gasteiger partial charge < -0.3 is 5.11 Å². The molecule has 1 aliphatic rings. The summed E-state index contributed by atoms with van der Waals surface area (Å²) >= 11 is 0. The maximum Gasteiger partial charge on any atom is 0.0645 e. The van der Waals surface area contributed by atoms with Crippen LogP contribution in [0.4, 0.5) is 0 Å². The van der Waals surface area contributed by atoms with E-state index in [9.17, 15) is 5.11 Å². The molecule has 1 saturated carbocycles. The predicted molar refractivity (Wildman–Crippen MR) is 70.6 cm³/mol. The van der Waals surface area contributed by atoms with Crippen LogP contribution in [-0.4, -0.2) is 21.0 Å². The quantitative estimate of drug-likeness (QED) is 0.894. The summed E-state index contributed by atoms with van der Waals surface area (Å²) in [5.41, 5.74) is 2.23. The highest BCUT2D eigenvalue weighted by Gasteiger charge is 2.47. The number of aliphatic hydroxyl groups excluding tert-OH is 1. The topological polar surface area (TPSA) is 38.0 Å². The number of para-hydroxylation sites is 1. The second-order valence-electron chi connectivity index (χ2n) is 5.30. The van der Waals surface area contributed by atoms with Gasteiger partial charge in [-0.25, -0.2) is 4.68 Å². The average Bonchev–Trinajstić information content (AvgIpc) is 3.01. The number of nitrogens with zero attached hydrogens (tertiary/aromatic N) is 2. The molecule has 3 heteroatoms. The standard InChI is InChI=1S/C15H18N2O/c1-12(18)15(8-9-15)11-13-7-10-17(16-13)14-5-3-2-4-6-14/h2-7,10,12,18H,8-9,11H2,1H3. The van der Waals surface area contributed by atoms with Crippen molar-refractivity contribution in [2.24, 2.45) is 5.41 Å². The number of aliphatic hydroxyl groups is 1. The lowest BCUT2D eigenvalue weighted by Gasteiger charge is -2.16. The van der Waals surface area contributed by atoms with Crippen LogP contribution >= 0.6 is 0 Å². The third kappa shape index (κ3) is 2.06. The molecule has 18 heavy (non-hydrogen) atoms. The Balaban J connectivity index is 1.79. The zero-order valence-corrected chi connectivity index (χ0v) is 10.6. The number of aromatic nitrogens is 2. The van der Waals surface area contributed by atoms with Crippen LogP contribution in [-0.2, 0) is 6.42 Å². The molecule has 0 radical (unpaired) electrons. The molecule has 1 unspecified atom stereocenters. The highest BCUT2D eigenvalue weighted by atomic mass is 16.3. The maximum absolute atomic E-state index is 9.79. The van der Waals surface area contributed by atoms with Gasteiger partial charge in [-0.2, -0.15) is 5.10 Å². The van der Waals surface area contributed by atoms with Crippen molar-refractivity contribution in [1.29, 1.82) is 0 Å². The molecular formula is C15H18N2O. The monoisotopic (exact) mass is 242 g/mol. The molecule has 0 spiro atoms. The van der Waals surface area contributed by atoms with Gasteiger partial charge in [-0.3, -0.25) is 0 Å². The van der Waals surface area contributed by atoms with Crippen molar-refractivity contribution in [1.82, 2.24) is 9.78 Å². The number of rotatable bonds is 4. The molecule has 3 rings (SSSR count). The van der Waals surface area contributed by atoms with Crippen molar-refractivity contribution in [2.75, 3.05) is 0 Å². The van der Waals surface area contributed by atoms with Crippen molar-refractivity contribution in [3.8, 4) is 5.69 Å². The minimum atomic E-state index is -0.237. The predicted octanol–water partition coefficient (Wildman–Crippen LogP) is 2.58. The van der Waals surface area contributed by atoms with Crippen LogP contribution in [0.25, 0.3) is 5.69 Å². The second-order valence-corrected chi connectivity index (χ2v) is 5.30. The van der Waals surface area contributed by atoms with E-state index in [1.165, 1.54) is 0 Å². The van der Waals surface area contributed by atoms with Crippen molar-refractivity contribution < 1.29 is 5.11 Å². The molecule has 1 aromatic carbocycles. The van der Waals surface area contributed by atoms with E-state index in [4.69, 9.17) is 0 Å². The third-order valence-corrected chi connectivity index (χ3v) is 3.98. The summed E-state index contributed by atoms with van der Waals surface area (Å²) in [7, 11) is 0. The molecule has 1 fully saturated rings. The Morgan fingerprint density at radius 3 is 2.61 bits per heavy atom. The molecule has 0 aliphatic heterocycles. The molecule has 0 amide bonds. The van der Waals surface area contributed by atoms with Crippen LogP contribution in [0.5, 0.6) is 0 Å². The van der Waals surface area contributed by atoms with Gasteiger partial charge in [-0.15, -0.1) is 0 Å². The van der Waals surface area contributed by atoms with Gasteiger partial charge in [0.1, 0.15) is 0 Å². The first-order valence-corrected chi connectivity index (χ1v) is 6.48. The van der Waals surface area contributed by atoms with E-state index in [1.807, 2.05) is 48.1 Å². The largest absolute Gasteiger partial charge is 0.393 e. The van der Waals surface area contributed by atoms with Gasteiger partial charge in [0.25, 0.3) is 0 Å². The highest BCUT2D eigenvalue weighted by molar-refractivity contribution is 5.30. The minimum Gasteiger partial charge on any atom is -0.393 e. The second kappa shape index (κ2) is 4.25. The molecule has 1 aliphatic carbocycles. The number of hydrogen-bond donors (Lipinski definition) is 1. The van der Waals surface area contributed by atoms with E-state index in [2.05, 4.69) is 11.2 Å². The molecule has 1 atom stereocenters. The molecule has 94 valence electrons. The van der Waals surface area contributed by atoms with Crippen molar-refractivity contribution in [3.63, 3.8) is 0 Å². The van der Waals surface area contributed by atoms with Crippen LogP contribution in [0.15, 0.2) is 42.6 Å². The van der Waals surface area contributed by atoms with Crippen LogP contribution in [0.1, 0.15) is 25.5 Å². The normalized spacial score (nSPS) is 18.6. The fourth-order valence-corrected chi connectivity index (χ4v) is 2.44. The molecule has 3 nitrogen and oxygen atoms in total. The summed E-state index contributed by atoms with van der Waals surface area (Å²) in [6.07, 6.45) is 4.86. The summed E-state index contributed by atoms with van der Waals surface area (Å²) in [6, 6.07) is 12.1. The van der Waals surface area contributed by atoms with E-state index in [-0.39, 0.29) is 11.5 Å². The summed E-state index contributed by atoms with van der Waals surface area (Å²) in [5.74, 6) is 0. The van der Waals surface area contributed by atoms with E-state index in [0.29, 0.717) is 0 Å². The van der Waals surface area contributed by atoms with Crippen molar-refractivity contribution >= 4 is 0 Å². The minimum absolute atomic E-state index is 0.0931. The number of hydrogen-bond acceptors (Lipinski definition) is 2. The van der Waals surface area contributed by atoms with Crippen LogP contribution < -0.4 is 0 Å². The Hall–Kier alpha value is -1.61. The summed E-state index contributed by atoms with van der Waals surface area (Å²) in [6.45, 7) is 1.89. The van der Waals surface area contributed by atoms with Crippen LogP contribution in [0.2, 0.25) is 0 Å². The SMILES string of the molecule is CC(O)C1(Cc2ccn(-c3ccccc3)n2)CC1. The average molecular weight is 242 g/mol. The summed E-state index contributed by atoms with van der Waals surface area (Å²) in [5, 5.41) is 14.4. The van der Waals surface area contributed by atoms with E-state index < -0.39 is 0 Å². The van der Waals surface area contributed by atoms with Crippen molar-refractivity contribution in [2.45, 2.75) is 32.3 Å². The van der Waals surface area contributed by atoms with Gasteiger partial charge in [0.05, 0.1) is 17.5 Å². The molecular weight excluding hydrogens is 224 g/mol. The molecule has 1 N–H and O–H groups in total. The first-order chi connectivity index (χ1) is 8.70. The Morgan fingerprint density at radius 2 is 2.00 bits per heavy atom. The maximum atomic E-state index is 9.79. The first-order valence-electron chi connectivity index (χ1n) is 6.48. The highest BCUT2D eigenvalue weighted by Crippen LogP contribution is 2.51. The molecule has 0 saturated heterocycles. The fourth-order valence-electron chi connectivity index (χ4n) is 2.44. The van der Waals surface area contributed by atoms with Gasteiger partial charge >= 0.3 is 0 Å². The van der Waals surface area contributed by atoms with Gasteiger partial charge in [-0.1, -0.05) is 18.2 Å². The number of benzene rings is 1. The third-order valence-electron chi connectivity index (χ3n) is 3.98. The molecule has 0 bridgehead atoms. The summed E-state index contributed by atoms with van der Waals surface area (Å²) < 4.78 is 1.90. The van der Waals surface area contributed by atoms with Crippen LogP contribution in [0.3, 0.4) is 0 Å². The Kier molecular flexibility index (Phi) is 2.71. The molecule has 1 heterocycles. The zero-order valence-electron chi connectivity index (χ0n) is 10.6. The Morgan fingerprint density at radius 1 is 1.28 bits per heavy atom. The van der Waals surface area contributed by atoms with Crippen LogP contribution in [0, 0.1) is 5.41 Å². The van der Waals surface area contributed by atoms with Gasteiger partial charge in [-0.05, 0) is 44.4 Å². The van der Waals surface area contributed by atoms with Gasteiger partial charge in [0.15, 0.2) is 0 Å². The van der Waals surface area contributed by atoms with Gasteiger partial charge in [0.2, 0.25) is 0 Å². The lowest BCUT2D eigenvalue weighted by atomic mass is 9.95. The lowest BCUT2D eigenvalue weighted by Crippen LogP contribution is -2.20.